The molecule has 2 N–H and O–H groups in total. The molecule has 2 rings (SSSR count). The summed E-state index contributed by atoms with van der Waals surface area (Å²) in [7, 11) is -3.20. The average molecular weight is 431 g/mol. The Morgan fingerprint density at radius 2 is 1.96 bits per heavy atom. The number of hydrogen-bond acceptors (Lipinski definition) is 5. The van der Waals surface area contributed by atoms with E-state index < -0.39 is 10.0 Å². The Morgan fingerprint density at radius 3 is 2.63 bits per heavy atom. The van der Waals surface area contributed by atoms with Crippen LogP contribution in [0, 0.1) is 0 Å². The molecule has 0 aromatic heterocycles. The van der Waals surface area contributed by atoms with Gasteiger partial charge in [0.15, 0.2) is 5.96 Å². The van der Waals surface area contributed by atoms with Gasteiger partial charge in [0, 0.05) is 47.8 Å². The monoisotopic (exact) mass is 430 g/mol. The summed E-state index contributed by atoms with van der Waals surface area (Å²) in [5, 5.41) is 6.67. The van der Waals surface area contributed by atoms with Crippen molar-refractivity contribution in [2.24, 2.45) is 4.99 Å². The normalized spacial score (nSPS) is 17.5. The molecule has 1 fully saturated rings. The third kappa shape index (κ3) is 8.33. The Balaban J connectivity index is 1.80. The van der Waals surface area contributed by atoms with Crippen molar-refractivity contribution in [3.63, 3.8) is 0 Å². The van der Waals surface area contributed by atoms with Crippen molar-refractivity contribution >= 4 is 39.5 Å². The van der Waals surface area contributed by atoms with Crippen molar-refractivity contribution in [2.45, 2.75) is 24.0 Å². The highest BCUT2D eigenvalue weighted by molar-refractivity contribution is 8.00. The minimum absolute atomic E-state index is 0.0937. The number of nitrogens with zero attached hydrogens (tertiary/aromatic N) is 2. The van der Waals surface area contributed by atoms with Crippen molar-refractivity contribution in [2.75, 3.05) is 50.0 Å². The standard InChI is InChI=1S/C18H30N4O2S3/c1-3-19-18(21-15-16(2)26-17-7-5-4-6-8-17)20-9-14-27(23,24)22-10-12-25-13-11-22/h4-8,16H,3,9-15H2,1-2H3,(H2,19,20,21). The first-order valence-electron chi connectivity index (χ1n) is 9.30. The average Bonchev–Trinajstić information content (AvgIpc) is 2.67. The fourth-order valence-electron chi connectivity index (χ4n) is 2.58. The van der Waals surface area contributed by atoms with Crippen molar-refractivity contribution < 1.29 is 8.42 Å². The third-order valence-electron chi connectivity index (χ3n) is 3.95. The van der Waals surface area contributed by atoms with Crippen LogP contribution in [0.4, 0.5) is 0 Å². The van der Waals surface area contributed by atoms with Gasteiger partial charge in [0.25, 0.3) is 0 Å². The highest BCUT2D eigenvalue weighted by Gasteiger charge is 2.23. The highest BCUT2D eigenvalue weighted by Crippen LogP contribution is 2.22. The summed E-state index contributed by atoms with van der Waals surface area (Å²) in [5.74, 6) is 2.53. The number of aliphatic imine (C=N–C) groups is 1. The number of sulfonamides is 1. The van der Waals surface area contributed by atoms with E-state index in [0.717, 1.165) is 18.1 Å². The zero-order valence-corrected chi connectivity index (χ0v) is 18.5. The molecule has 1 saturated heterocycles. The fraction of sp³-hybridized carbons (Fsp3) is 0.611. The van der Waals surface area contributed by atoms with E-state index in [-0.39, 0.29) is 5.75 Å². The van der Waals surface area contributed by atoms with Crippen molar-refractivity contribution in [1.82, 2.24) is 14.9 Å². The van der Waals surface area contributed by atoms with Gasteiger partial charge in [0.05, 0.1) is 12.3 Å². The molecule has 0 aliphatic carbocycles. The van der Waals surface area contributed by atoms with Crippen LogP contribution in [0.3, 0.4) is 0 Å². The molecule has 152 valence electrons. The van der Waals surface area contributed by atoms with Crippen LogP contribution < -0.4 is 10.6 Å². The predicted octanol–water partition coefficient (Wildman–Crippen LogP) is 2.10. The van der Waals surface area contributed by atoms with E-state index in [4.69, 9.17) is 0 Å². The SMILES string of the molecule is CCNC(=NCC(C)Sc1ccccc1)NCCS(=O)(=O)N1CCSCC1. The lowest BCUT2D eigenvalue weighted by molar-refractivity contribution is 0.443. The van der Waals surface area contributed by atoms with E-state index in [9.17, 15) is 8.42 Å². The van der Waals surface area contributed by atoms with Gasteiger partial charge < -0.3 is 10.6 Å². The molecule has 1 atom stereocenters. The molecule has 27 heavy (non-hydrogen) atoms. The molecule has 0 spiro atoms. The van der Waals surface area contributed by atoms with Crippen LogP contribution in [0.2, 0.25) is 0 Å². The Bertz CT molecular complexity index is 677. The number of rotatable bonds is 9. The van der Waals surface area contributed by atoms with Gasteiger partial charge in [-0.05, 0) is 19.1 Å². The first-order chi connectivity index (χ1) is 13.0. The molecule has 9 heteroatoms. The van der Waals surface area contributed by atoms with E-state index in [1.165, 1.54) is 4.90 Å². The van der Waals surface area contributed by atoms with Gasteiger partial charge in [0.2, 0.25) is 10.0 Å². The summed E-state index contributed by atoms with van der Waals surface area (Å²) >= 11 is 3.59. The van der Waals surface area contributed by atoms with Crippen molar-refractivity contribution in [3.05, 3.63) is 30.3 Å². The maximum Gasteiger partial charge on any atom is 0.215 e. The number of guanidine groups is 1. The summed E-state index contributed by atoms with van der Waals surface area (Å²) in [6.07, 6.45) is 0. The molecule has 0 radical (unpaired) electrons. The molecule has 1 aromatic carbocycles. The molecule has 0 saturated carbocycles. The topological polar surface area (TPSA) is 73.8 Å². The molecule has 0 bridgehead atoms. The third-order valence-corrected chi connectivity index (χ3v) is 7.86. The van der Waals surface area contributed by atoms with Gasteiger partial charge in [-0.2, -0.15) is 11.8 Å². The highest BCUT2D eigenvalue weighted by atomic mass is 32.2. The first-order valence-corrected chi connectivity index (χ1v) is 12.9. The molecule has 1 aliphatic rings. The van der Waals surface area contributed by atoms with Gasteiger partial charge in [-0.25, -0.2) is 12.7 Å². The number of benzene rings is 1. The second-order valence-corrected chi connectivity index (χ2v) is 11.0. The van der Waals surface area contributed by atoms with E-state index in [2.05, 4.69) is 34.7 Å². The van der Waals surface area contributed by atoms with E-state index in [1.807, 2.05) is 25.1 Å². The van der Waals surface area contributed by atoms with Gasteiger partial charge in [0.1, 0.15) is 0 Å². The molecule has 1 aromatic rings. The Hall–Kier alpha value is -0.900. The number of nitrogens with one attached hydrogen (secondary N) is 2. The second kappa shape index (κ2) is 11.8. The maximum absolute atomic E-state index is 12.4. The second-order valence-electron chi connectivity index (χ2n) is 6.22. The minimum Gasteiger partial charge on any atom is -0.357 e. The maximum atomic E-state index is 12.4. The molecular weight excluding hydrogens is 400 g/mol. The Kier molecular flexibility index (Phi) is 9.81. The Morgan fingerprint density at radius 1 is 1.26 bits per heavy atom. The molecule has 6 nitrogen and oxygen atoms in total. The summed E-state index contributed by atoms with van der Waals surface area (Å²) in [4.78, 5) is 5.83. The number of hydrogen-bond donors (Lipinski definition) is 2. The van der Waals surface area contributed by atoms with Gasteiger partial charge in [-0.3, -0.25) is 4.99 Å². The van der Waals surface area contributed by atoms with Crippen molar-refractivity contribution in [3.8, 4) is 0 Å². The molecule has 1 heterocycles. The van der Waals surface area contributed by atoms with E-state index in [1.54, 1.807) is 27.8 Å². The zero-order valence-electron chi connectivity index (χ0n) is 16.1. The smallest absolute Gasteiger partial charge is 0.215 e. The Labute approximate surface area is 172 Å². The van der Waals surface area contributed by atoms with Crippen LogP contribution in [0.25, 0.3) is 0 Å². The van der Waals surface area contributed by atoms with Gasteiger partial charge in [-0.15, -0.1) is 11.8 Å². The van der Waals surface area contributed by atoms with Crippen molar-refractivity contribution in [1.29, 1.82) is 0 Å². The molecule has 1 unspecified atom stereocenters. The summed E-state index contributed by atoms with van der Waals surface area (Å²) < 4.78 is 26.4. The summed E-state index contributed by atoms with van der Waals surface area (Å²) in [5.41, 5.74) is 0. The lowest BCUT2D eigenvalue weighted by Gasteiger charge is -2.25. The van der Waals surface area contributed by atoms with Crippen LogP contribution in [-0.4, -0.2) is 73.9 Å². The molecular formula is C18H30N4O2S3. The van der Waals surface area contributed by atoms with Crippen LogP contribution >= 0.6 is 23.5 Å². The molecule has 1 aliphatic heterocycles. The van der Waals surface area contributed by atoms with Crippen LogP contribution in [0.5, 0.6) is 0 Å². The lowest BCUT2D eigenvalue weighted by Crippen LogP contribution is -2.44. The first kappa shape index (κ1) is 22.4. The molecule has 0 amide bonds. The van der Waals surface area contributed by atoms with Crippen LogP contribution in [0.1, 0.15) is 13.8 Å². The summed E-state index contributed by atoms with van der Waals surface area (Å²) in [6.45, 7) is 7.14. The largest absolute Gasteiger partial charge is 0.357 e. The lowest BCUT2D eigenvalue weighted by atomic mass is 10.4. The van der Waals surface area contributed by atoms with E-state index >= 15 is 0 Å². The quantitative estimate of drug-likeness (QED) is 0.355. The van der Waals surface area contributed by atoms with Gasteiger partial charge in [-0.1, -0.05) is 25.1 Å². The zero-order chi connectivity index (χ0) is 19.5. The predicted molar refractivity (Wildman–Crippen MR) is 118 cm³/mol. The van der Waals surface area contributed by atoms with Gasteiger partial charge >= 0.3 is 0 Å². The van der Waals surface area contributed by atoms with E-state index in [0.29, 0.717) is 37.4 Å². The van der Waals surface area contributed by atoms with Crippen LogP contribution in [-0.2, 0) is 10.0 Å². The summed E-state index contributed by atoms with van der Waals surface area (Å²) in [6, 6.07) is 10.3. The fourth-order valence-corrected chi connectivity index (χ4v) is 6.00. The minimum atomic E-state index is -3.20. The number of thioether (sulfide) groups is 2. The van der Waals surface area contributed by atoms with Crippen LogP contribution in [0.15, 0.2) is 40.2 Å².